The highest BCUT2D eigenvalue weighted by atomic mass is 79.9. The van der Waals surface area contributed by atoms with E-state index in [0.29, 0.717) is 22.1 Å². The summed E-state index contributed by atoms with van der Waals surface area (Å²) in [5.74, 6) is 0.284. The quantitative estimate of drug-likeness (QED) is 0.851. The third kappa shape index (κ3) is 2.47. The van der Waals surface area contributed by atoms with E-state index < -0.39 is 0 Å². The van der Waals surface area contributed by atoms with Crippen LogP contribution in [0.15, 0.2) is 16.6 Å². The van der Waals surface area contributed by atoms with E-state index in [4.69, 9.17) is 5.73 Å². The first-order valence-electron chi connectivity index (χ1n) is 6.06. The molecule has 0 amide bonds. The summed E-state index contributed by atoms with van der Waals surface area (Å²) in [6.07, 6.45) is 0. The zero-order valence-electron chi connectivity index (χ0n) is 11.0. The number of anilines is 2. The first-order valence-corrected chi connectivity index (χ1v) is 6.85. The second kappa shape index (κ2) is 5.05. The average Bonchev–Trinajstić information content (AvgIpc) is 2.65. The normalized spacial score (nSPS) is 24.0. The topological polar surface area (TPSA) is 32.5 Å². The molecular formula is C13H19BrFN3. The molecule has 2 atom stereocenters. The second-order valence-electron chi connectivity index (χ2n) is 5.24. The summed E-state index contributed by atoms with van der Waals surface area (Å²) >= 11 is 3.15. The minimum absolute atomic E-state index is 0.264. The lowest BCUT2D eigenvalue weighted by molar-refractivity contribution is 0.266. The van der Waals surface area contributed by atoms with E-state index in [1.165, 1.54) is 6.07 Å². The first-order chi connectivity index (χ1) is 8.40. The maximum atomic E-state index is 13.6. The van der Waals surface area contributed by atoms with Gasteiger partial charge in [-0.05, 0) is 42.0 Å². The highest BCUT2D eigenvalue weighted by Crippen LogP contribution is 2.33. The largest absolute Gasteiger partial charge is 0.397 e. The molecule has 5 heteroatoms. The van der Waals surface area contributed by atoms with Gasteiger partial charge in [-0.15, -0.1) is 0 Å². The van der Waals surface area contributed by atoms with Crippen LogP contribution in [0.2, 0.25) is 0 Å². The molecule has 0 bridgehead atoms. The van der Waals surface area contributed by atoms with E-state index in [1.807, 2.05) is 0 Å². The Morgan fingerprint density at radius 2 is 2.06 bits per heavy atom. The summed E-state index contributed by atoms with van der Waals surface area (Å²) in [5.41, 5.74) is 7.40. The zero-order valence-corrected chi connectivity index (χ0v) is 12.5. The molecule has 1 saturated heterocycles. The van der Waals surface area contributed by atoms with Crippen molar-refractivity contribution in [1.82, 2.24) is 4.90 Å². The Bertz CT molecular complexity index is 450. The van der Waals surface area contributed by atoms with Gasteiger partial charge in [-0.3, -0.25) is 0 Å². The van der Waals surface area contributed by atoms with Gasteiger partial charge in [-0.25, -0.2) is 4.39 Å². The number of nitrogen functional groups attached to an aromatic ring is 1. The highest BCUT2D eigenvalue weighted by Gasteiger charge is 2.32. The predicted octanol–water partition coefficient (Wildman–Crippen LogP) is 2.56. The average molecular weight is 316 g/mol. The number of nitrogens with two attached hydrogens (primary N) is 1. The van der Waals surface area contributed by atoms with E-state index in [-0.39, 0.29) is 5.82 Å². The van der Waals surface area contributed by atoms with Crippen LogP contribution in [0.5, 0.6) is 0 Å². The predicted molar refractivity (Wildman–Crippen MR) is 77.4 cm³/mol. The van der Waals surface area contributed by atoms with Crippen molar-refractivity contribution in [2.24, 2.45) is 5.92 Å². The number of rotatable bonds is 2. The minimum atomic E-state index is -0.264. The van der Waals surface area contributed by atoms with Crippen LogP contribution in [0, 0.1) is 11.7 Å². The van der Waals surface area contributed by atoms with E-state index >= 15 is 0 Å². The summed E-state index contributed by atoms with van der Waals surface area (Å²) in [7, 11) is 4.16. The minimum Gasteiger partial charge on any atom is -0.397 e. The number of halogens is 2. The smallest absolute Gasteiger partial charge is 0.139 e. The van der Waals surface area contributed by atoms with Gasteiger partial charge in [0, 0.05) is 25.2 Å². The number of likely N-dealkylation sites (N-methyl/N-ethyl adjacent to an activating group) is 1. The second-order valence-corrected chi connectivity index (χ2v) is 6.09. The lowest BCUT2D eigenvalue weighted by Gasteiger charge is -2.23. The van der Waals surface area contributed by atoms with Crippen molar-refractivity contribution in [1.29, 1.82) is 0 Å². The molecule has 3 nitrogen and oxygen atoms in total. The molecule has 0 saturated carbocycles. The molecule has 0 spiro atoms. The molecular weight excluding hydrogens is 297 g/mol. The Labute approximate surface area is 116 Å². The Hall–Kier alpha value is -0.810. The fraction of sp³-hybridized carbons (Fsp3) is 0.538. The highest BCUT2D eigenvalue weighted by molar-refractivity contribution is 9.10. The van der Waals surface area contributed by atoms with Crippen molar-refractivity contribution in [2.75, 3.05) is 37.8 Å². The molecule has 1 aliphatic rings. The number of benzene rings is 1. The Kier molecular flexibility index (Phi) is 3.82. The fourth-order valence-corrected chi connectivity index (χ4v) is 3.01. The van der Waals surface area contributed by atoms with Crippen molar-refractivity contribution in [3.8, 4) is 0 Å². The molecule has 18 heavy (non-hydrogen) atoms. The number of hydrogen-bond donors (Lipinski definition) is 1. The van der Waals surface area contributed by atoms with E-state index in [2.05, 4.69) is 46.7 Å². The van der Waals surface area contributed by atoms with Crippen LogP contribution in [0.4, 0.5) is 15.8 Å². The van der Waals surface area contributed by atoms with Crippen LogP contribution in [0.3, 0.4) is 0 Å². The van der Waals surface area contributed by atoms with Crippen molar-refractivity contribution in [3.63, 3.8) is 0 Å². The molecule has 0 aromatic heterocycles. The molecule has 1 aliphatic heterocycles. The lowest BCUT2D eigenvalue weighted by atomic mass is 10.1. The zero-order chi connectivity index (χ0) is 13.4. The number of hydrogen-bond acceptors (Lipinski definition) is 3. The van der Waals surface area contributed by atoms with Crippen molar-refractivity contribution in [2.45, 2.75) is 13.0 Å². The molecule has 1 aromatic carbocycles. The molecule has 1 aromatic rings. The van der Waals surface area contributed by atoms with Gasteiger partial charge >= 0.3 is 0 Å². The van der Waals surface area contributed by atoms with Crippen molar-refractivity contribution >= 4 is 27.3 Å². The maximum Gasteiger partial charge on any atom is 0.139 e. The molecule has 100 valence electrons. The van der Waals surface area contributed by atoms with Gasteiger partial charge in [-0.2, -0.15) is 0 Å². The first kappa shape index (κ1) is 13.6. The molecule has 1 fully saturated rings. The van der Waals surface area contributed by atoms with Gasteiger partial charge in [-0.1, -0.05) is 6.92 Å². The summed E-state index contributed by atoms with van der Waals surface area (Å²) < 4.78 is 14.0. The molecule has 0 radical (unpaired) electrons. The van der Waals surface area contributed by atoms with Crippen LogP contribution < -0.4 is 10.6 Å². The van der Waals surface area contributed by atoms with Gasteiger partial charge in [0.15, 0.2) is 0 Å². The van der Waals surface area contributed by atoms with Crippen LogP contribution in [-0.4, -0.2) is 38.1 Å². The van der Waals surface area contributed by atoms with E-state index in [0.717, 1.165) is 18.8 Å². The SMILES string of the molecule is CC1CN(c2cc(F)c(Br)cc2N)CC1N(C)C. The van der Waals surface area contributed by atoms with Crippen LogP contribution in [0.25, 0.3) is 0 Å². The third-order valence-corrected chi connectivity index (χ3v) is 4.25. The molecule has 0 aliphatic carbocycles. The Morgan fingerprint density at radius 1 is 1.39 bits per heavy atom. The maximum absolute atomic E-state index is 13.6. The standard InChI is InChI=1S/C13H19BrFN3/c1-8-6-18(7-13(8)17(2)3)12-5-10(15)9(14)4-11(12)16/h4-5,8,13H,6-7,16H2,1-3H3. The summed E-state index contributed by atoms with van der Waals surface area (Å²) in [6, 6.07) is 3.64. The van der Waals surface area contributed by atoms with Crippen LogP contribution in [0.1, 0.15) is 6.92 Å². The van der Waals surface area contributed by atoms with Crippen LogP contribution in [-0.2, 0) is 0 Å². The van der Waals surface area contributed by atoms with Gasteiger partial charge in [0.05, 0.1) is 15.8 Å². The summed E-state index contributed by atoms with van der Waals surface area (Å²) in [6.45, 7) is 4.02. The van der Waals surface area contributed by atoms with Crippen molar-refractivity contribution in [3.05, 3.63) is 22.4 Å². The molecule has 2 rings (SSSR count). The molecule has 2 N–H and O–H groups in total. The molecule has 2 unspecified atom stereocenters. The Morgan fingerprint density at radius 3 is 2.61 bits per heavy atom. The molecule has 1 heterocycles. The van der Waals surface area contributed by atoms with E-state index in [1.54, 1.807) is 6.07 Å². The Balaban J connectivity index is 2.26. The monoisotopic (exact) mass is 315 g/mol. The van der Waals surface area contributed by atoms with Gasteiger partial charge < -0.3 is 15.5 Å². The van der Waals surface area contributed by atoms with Crippen LogP contribution >= 0.6 is 15.9 Å². The van der Waals surface area contributed by atoms with Gasteiger partial charge in [0.2, 0.25) is 0 Å². The fourth-order valence-electron chi connectivity index (χ4n) is 2.64. The summed E-state index contributed by atoms with van der Waals surface area (Å²) in [4.78, 5) is 4.39. The number of nitrogens with zero attached hydrogens (tertiary/aromatic N) is 2. The van der Waals surface area contributed by atoms with E-state index in [9.17, 15) is 4.39 Å². The third-order valence-electron chi connectivity index (χ3n) is 3.65. The van der Waals surface area contributed by atoms with Gasteiger partial charge in [0.25, 0.3) is 0 Å². The van der Waals surface area contributed by atoms with Gasteiger partial charge in [0.1, 0.15) is 5.82 Å². The lowest BCUT2D eigenvalue weighted by Crippen LogP contribution is -2.34. The summed E-state index contributed by atoms with van der Waals surface area (Å²) in [5, 5.41) is 0. The van der Waals surface area contributed by atoms with Crippen molar-refractivity contribution < 1.29 is 4.39 Å².